The largest absolute Gasteiger partial charge is 0.309 e. The van der Waals surface area contributed by atoms with Crippen LogP contribution in [-0.4, -0.2) is 19.5 Å². The summed E-state index contributed by atoms with van der Waals surface area (Å²) in [6.45, 7) is 0. The molecule has 0 radical (unpaired) electrons. The lowest BCUT2D eigenvalue weighted by Crippen LogP contribution is -2.00. The van der Waals surface area contributed by atoms with Gasteiger partial charge in [-0.05, 0) is 47.5 Å². The van der Waals surface area contributed by atoms with E-state index in [9.17, 15) is 0 Å². The van der Waals surface area contributed by atoms with Crippen molar-refractivity contribution in [1.82, 2.24) is 19.5 Å². The first kappa shape index (κ1) is 32.2. The maximum Gasteiger partial charge on any atom is 0.164 e. The van der Waals surface area contributed by atoms with Gasteiger partial charge in [-0.2, -0.15) is 0 Å². The molecule has 0 N–H and O–H groups in total. The zero-order valence-electron chi connectivity index (χ0n) is 30.2. The summed E-state index contributed by atoms with van der Waals surface area (Å²) in [5.41, 5.74) is 11.1. The van der Waals surface area contributed by atoms with Crippen LogP contribution in [0.15, 0.2) is 194 Å². The van der Waals surface area contributed by atoms with Crippen LogP contribution in [0, 0.1) is 0 Å². The zero-order chi connectivity index (χ0) is 37.0. The van der Waals surface area contributed by atoms with E-state index in [0.717, 1.165) is 27.9 Å². The van der Waals surface area contributed by atoms with E-state index in [0.29, 0.717) is 17.5 Å². The van der Waals surface area contributed by atoms with Crippen LogP contribution >= 0.6 is 11.3 Å². The van der Waals surface area contributed by atoms with Crippen LogP contribution in [0.2, 0.25) is 0 Å². The van der Waals surface area contributed by atoms with Crippen LogP contribution in [0.4, 0.5) is 0 Å². The molecule has 0 aliphatic rings. The van der Waals surface area contributed by atoms with Gasteiger partial charge in [0.1, 0.15) is 0 Å². The summed E-state index contributed by atoms with van der Waals surface area (Å²) < 4.78 is 4.97. The monoisotopic (exact) mass is 732 g/mol. The van der Waals surface area contributed by atoms with Gasteiger partial charge in [-0.3, -0.25) is 0 Å². The molecular weight excluding hydrogens is 701 g/mol. The Morgan fingerprint density at radius 1 is 0.339 bits per heavy atom. The Morgan fingerprint density at radius 3 is 1.45 bits per heavy atom. The number of aromatic nitrogens is 4. The molecule has 0 atom stereocenters. The van der Waals surface area contributed by atoms with Crippen LogP contribution in [-0.2, 0) is 0 Å². The number of rotatable bonds is 6. The second kappa shape index (κ2) is 13.3. The van der Waals surface area contributed by atoms with Crippen molar-refractivity contribution in [2.24, 2.45) is 0 Å². The van der Waals surface area contributed by atoms with Gasteiger partial charge >= 0.3 is 0 Å². The number of thiophene rings is 1. The Hall–Kier alpha value is -7.21. The highest BCUT2D eigenvalue weighted by molar-refractivity contribution is 7.26. The average Bonchev–Trinajstić information content (AvgIpc) is 3.82. The molecule has 0 saturated carbocycles. The molecule has 0 aliphatic carbocycles. The van der Waals surface area contributed by atoms with E-state index in [-0.39, 0.29) is 0 Å². The van der Waals surface area contributed by atoms with Crippen molar-refractivity contribution >= 4 is 53.3 Å². The van der Waals surface area contributed by atoms with Gasteiger partial charge in [0.25, 0.3) is 0 Å². The van der Waals surface area contributed by atoms with E-state index in [2.05, 4.69) is 138 Å². The van der Waals surface area contributed by atoms with Gasteiger partial charge in [0, 0.05) is 58.8 Å². The Morgan fingerprint density at radius 2 is 0.821 bits per heavy atom. The van der Waals surface area contributed by atoms with Crippen molar-refractivity contribution in [2.75, 3.05) is 0 Å². The molecule has 0 saturated heterocycles. The normalized spacial score (nSPS) is 11.6. The Kier molecular flexibility index (Phi) is 7.64. The fourth-order valence-corrected chi connectivity index (χ4v) is 9.25. The molecule has 0 spiro atoms. The quantitative estimate of drug-likeness (QED) is 0.171. The predicted octanol–water partition coefficient (Wildman–Crippen LogP) is 13.7. The van der Waals surface area contributed by atoms with Crippen molar-refractivity contribution in [3.8, 4) is 62.1 Å². The average molecular weight is 733 g/mol. The molecule has 0 amide bonds. The number of benzene rings is 8. The maximum absolute atomic E-state index is 4.99. The lowest BCUT2D eigenvalue weighted by atomic mass is 9.94. The molecular formula is C51H32N4S. The molecule has 11 aromatic rings. The van der Waals surface area contributed by atoms with Crippen molar-refractivity contribution < 1.29 is 0 Å². The minimum atomic E-state index is 0.644. The second-order valence-electron chi connectivity index (χ2n) is 14.0. The van der Waals surface area contributed by atoms with Crippen molar-refractivity contribution in [2.45, 2.75) is 0 Å². The maximum atomic E-state index is 4.99. The van der Waals surface area contributed by atoms with Crippen LogP contribution in [0.25, 0.3) is 104 Å². The molecule has 56 heavy (non-hydrogen) atoms. The van der Waals surface area contributed by atoms with E-state index in [1.165, 1.54) is 58.7 Å². The summed E-state index contributed by atoms with van der Waals surface area (Å²) in [5.74, 6) is 1.95. The third-order valence-electron chi connectivity index (χ3n) is 10.7. The van der Waals surface area contributed by atoms with E-state index >= 15 is 0 Å². The molecule has 0 fully saturated rings. The molecule has 0 bridgehead atoms. The molecule has 4 nitrogen and oxygen atoms in total. The van der Waals surface area contributed by atoms with Gasteiger partial charge in [0.05, 0.1) is 16.7 Å². The molecule has 3 aromatic heterocycles. The Balaban J connectivity index is 1.09. The van der Waals surface area contributed by atoms with Gasteiger partial charge in [0.2, 0.25) is 0 Å². The number of hydrogen-bond acceptors (Lipinski definition) is 4. The number of nitrogens with zero attached hydrogens (tertiary/aromatic N) is 4. The summed E-state index contributed by atoms with van der Waals surface area (Å²) in [6, 6.07) is 68.7. The number of para-hydroxylation sites is 3. The number of fused-ring (bicyclic) bond motifs is 6. The van der Waals surface area contributed by atoms with Crippen LogP contribution in [0.1, 0.15) is 0 Å². The summed E-state index contributed by atoms with van der Waals surface area (Å²) in [7, 11) is 0. The van der Waals surface area contributed by atoms with Gasteiger partial charge in [-0.1, -0.05) is 158 Å². The zero-order valence-corrected chi connectivity index (χ0v) is 31.0. The highest BCUT2D eigenvalue weighted by Crippen LogP contribution is 2.44. The van der Waals surface area contributed by atoms with Crippen molar-refractivity contribution in [3.63, 3.8) is 0 Å². The van der Waals surface area contributed by atoms with Crippen molar-refractivity contribution in [1.29, 1.82) is 0 Å². The van der Waals surface area contributed by atoms with Crippen LogP contribution in [0.5, 0.6) is 0 Å². The lowest BCUT2D eigenvalue weighted by Gasteiger charge is -2.16. The minimum absolute atomic E-state index is 0.644. The summed E-state index contributed by atoms with van der Waals surface area (Å²) in [5, 5.41) is 5.04. The molecule has 11 rings (SSSR count). The summed E-state index contributed by atoms with van der Waals surface area (Å²) >= 11 is 1.85. The molecule has 5 heteroatoms. The highest BCUT2D eigenvalue weighted by atomic mass is 32.1. The Bertz CT molecular complexity index is 3130. The first-order valence-electron chi connectivity index (χ1n) is 18.8. The third kappa shape index (κ3) is 5.40. The van der Waals surface area contributed by atoms with Gasteiger partial charge < -0.3 is 4.57 Å². The lowest BCUT2D eigenvalue weighted by molar-refractivity contribution is 1.07. The van der Waals surface area contributed by atoms with E-state index in [1.54, 1.807) is 0 Å². The van der Waals surface area contributed by atoms with Gasteiger partial charge in [-0.25, -0.2) is 15.0 Å². The molecule has 8 aromatic carbocycles. The van der Waals surface area contributed by atoms with E-state index in [4.69, 9.17) is 15.0 Å². The number of hydrogen-bond donors (Lipinski definition) is 0. The van der Waals surface area contributed by atoms with Crippen LogP contribution < -0.4 is 0 Å². The molecule has 0 unspecified atom stereocenters. The summed E-state index contributed by atoms with van der Waals surface area (Å²) in [6.07, 6.45) is 0. The fourth-order valence-electron chi connectivity index (χ4n) is 8.03. The topological polar surface area (TPSA) is 43.6 Å². The fraction of sp³-hybridized carbons (Fsp3) is 0. The van der Waals surface area contributed by atoms with Crippen molar-refractivity contribution in [3.05, 3.63) is 194 Å². The van der Waals surface area contributed by atoms with E-state index in [1.807, 2.05) is 72.0 Å². The molecule has 0 aliphatic heterocycles. The smallest absolute Gasteiger partial charge is 0.164 e. The van der Waals surface area contributed by atoms with E-state index < -0.39 is 0 Å². The first-order valence-corrected chi connectivity index (χ1v) is 19.6. The standard InChI is InChI=1S/C51H32N4S/c1-3-15-34(16-4-1)49-52-50(35-17-5-2-6-18-35)54-51(53-49)36-29-27-33(28-30-36)42-31-37(32-43-41-22-10-14-26-47(41)56-48(42)43)38-19-7-11-23-44(38)55-45-24-12-8-20-39(45)40-21-9-13-25-46(40)55/h1-32H. The Labute approximate surface area is 327 Å². The first-order chi connectivity index (χ1) is 27.8. The SMILES string of the molecule is c1ccc(-c2nc(-c3ccccc3)nc(-c3ccc(-c4cc(-c5ccccc5-n5c6ccccc6c6ccccc65)cc5c4sc4ccccc45)cc3)n2)cc1. The predicted molar refractivity (Wildman–Crippen MR) is 234 cm³/mol. The highest BCUT2D eigenvalue weighted by Gasteiger charge is 2.19. The van der Waals surface area contributed by atoms with Gasteiger partial charge in [-0.15, -0.1) is 11.3 Å². The van der Waals surface area contributed by atoms with Gasteiger partial charge in [0.15, 0.2) is 17.5 Å². The minimum Gasteiger partial charge on any atom is -0.309 e. The third-order valence-corrected chi connectivity index (χ3v) is 11.9. The second-order valence-corrected chi connectivity index (χ2v) is 15.1. The summed E-state index contributed by atoms with van der Waals surface area (Å²) in [4.78, 5) is 14.9. The molecule has 3 heterocycles. The van der Waals surface area contributed by atoms with Crippen LogP contribution in [0.3, 0.4) is 0 Å². The molecule has 262 valence electrons.